The van der Waals surface area contributed by atoms with Gasteiger partial charge >= 0.3 is 0 Å². The molecule has 1 heterocycles. The van der Waals surface area contributed by atoms with Crippen LogP contribution in [-0.4, -0.2) is 49.3 Å². The van der Waals surface area contributed by atoms with Crippen molar-refractivity contribution in [1.29, 1.82) is 0 Å². The first-order valence-electron chi connectivity index (χ1n) is 14.1. The van der Waals surface area contributed by atoms with Crippen LogP contribution in [0.5, 0.6) is 0 Å². The van der Waals surface area contributed by atoms with Crippen LogP contribution >= 0.6 is 11.6 Å². The van der Waals surface area contributed by atoms with Gasteiger partial charge < -0.3 is 15.5 Å². The molecule has 1 aliphatic carbocycles. The average Bonchev–Trinajstić information content (AvgIpc) is 3.69. The Kier molecular flexibility index (Phi) is 8.69. The van der Waals surface area contributed by atoms with Crippen molar-refractivity contribution in [1.82, 2.24) is 15.5 Å². The van der Waals surface area contributed by atoms with E-state index in [4.69, 9.17) is 11.6 Å². The Labute approximate surface area is 241 Å². The lowest BCUT2D eigenvalue weighted by Gasteiger charge is -2.43. The zero-order valence-corrected chi connectivity index (χ0v) is 23.7. The van der Waals surface area contributed by atoms with Gasteiger partial charge in [0.1, 0.15) is 11.6 Å². The van der Waals surface area contributed by atoms with Gasteiger partial charge in [0.15, 0.2) is 0 Å². The summed E-state index contributed by atoms with van der Waals surface area (Å²) in [6.07, 6.45) is 3.14. The number of halogens is 2. The Morgan fingerprint density at radius 1 is 0.950 bits per heavy atom. The third kappa shape index (κ3) is 6.14. The average molecular weight is 562 g/mol. The van der Waals surface area contributed by atoms with Crippen LogP contribution in [0.4, 0.5) is 4.39 Å². The van der Waals surface area contributed by atoms with Gasteiger partial charge in [-0.15, -0.1) is 0 Å². The van der Waals surface area contributed by atoms with Crippen LogP contribution in [0.3, 0.4) is 0 Å². The van der Waals surface area contributed by atoms with Crippen molar-refractivity contribution in [3.63, 3.8) is 0 Å². The number of hydrogen-bond donors (Lipinski definition) is 2. The van der Waals surface area contributed by atoms with Crippen molar-refractivity contribution in [2.45, 2.75) is 43.6 Å². The molecule has 1 saturated carbocycles. The highest BCUT2D eigenvalue weighted by molar-refractivity contribution is 6.31. The number of piperidine rings is 1. The molecule has 1 aliphatic heterocycles. The highest BCUT2D eigenvalue weighted by atomic mass is 35.5. The number of rotatable bonds is 11. The Balaban J connectivity index is 1.26. The van der Waals surface area contributed by atoms with Gasteiger partial charge in [-0.25, -0.2) is 4.39 Å². The fourth-order valence-corrected chi connectivity index (χ4v) is 6.51. The molecule has 7 heteroatoms. The van der Waals surface area contributed by atoms with Crippen LogP contribution in [0.25, 0.3) is 0 Å². The molecular weight excluding hydrogens is 525 g/mol. The third-order valence-corrected chi connectivity index (χ3v) is 9.07. The summed E-state index contributed by atoms with van der Waals surface area (Å²) in [6.45, 7) is 4.98. The molecule has 0 bridgehead atoms. The monoisotopic (exact) mass is 561 g/mol. The van der Waals surface area contributed by atoms with Gasteiger partial charge in [0.2, 0.25) is 5.91 Å². The molecule has 2 fully saturated rings. The molecule has 3 aromatic rings. The third-order valence-electron chi connectivity index (χ3n) is 8.70. The van der Waals surface area contributed by atoms with Crippen LogP contribution in [0.15, 0.2) is 78.9 Å². The van der Waals surface area contributed by atoms with E-state index < -0.39 is 5.41 Å². The maximum atomic E-state index is 13.8. The molecule has 1 amide bonds. The summed E-state index contributed by atoms with van der Waals surface area (Å²) < 4.78 is 13.8. The number of amides is 1. The van der Waals surface area contributed by atoms with Crippen LogP contribution in [0, 0.1) is 11.7 Å². The first-order chi connectivity index (χ1) is 19.3. The summed E-state index contributed by atoms with van der Waals surface area (Å²) in [5.41, 5.74) is 2.18. The molecule has 3 aromatic carbocycles. The Morgan fingerprint density at radius 2 is 1.62 bits per heavy atom. The molecular formula is C33H37ClFN3O2. The highest BCUT2D eigenvalue weighted by Gasteiger charge is 2.61. The van der Waals surface area contributed by atoms with Crippen molar-refractivity contribution >= 4 is 23.3 Å². The minimum absolute atomic E-state index is 0.00470. The van der Waals surface area contributed by atoms with E-state index in [-0.39, 0.29) is 29.0 Å². The Hall–Kier alpha value is -3.06. The summed E-state index contributed by atoms with van der Waals surface area (Å²) >= 11 is 6.30. The summed E-state index contributed by atoms with van der Waals surface area (Å²) in [4.78, 5) is 27.9. The van der Waals surface area contributed by atoms with Gasteiger partial charge in [-0.1, -0.05) is 72.3 Å². The molecule has 0 aromatic heterocycles. The summed E-state index contributed by atoms with van der Waals surface area (Å²) in [5.74, 6) is -0.0375. The molecule has 40 heavy (non-hydrogen) atoms. The lowest BCUT2D eigenvalue weighted by Crippen LogP contribution is -2.52. The fourth-order valence-electron chi connectivity index (χ4n) is 6.28. The molecule has 1 saturated heterocycles. The van der Waals surface area contributed by atoms with E-state index in [0.717, 1.165) is 50.0 Å². The van der Waals surface area contributed by atoms with E-state index in [0.29, 0.717) is 24.5 Å². The lowest BCUT2D eigenvalue weighted by molar-refractivity contribution is -0.124. The van der Waals surface area contributed by atoms with Gasteiger partial charge in [0.25, 0.3) is 0 Å². The predicted octanol–water partition coefficient (Wildman–Crippen LogP) is 5.27. The largest absolute Gasteiger partial charge is 0.355 e. The fraction of sp³-hybridized carbons (Fsp3) is 0.394. The van der Waals surface area contributed by atoms with Crippen molar-refractivity contribution in [2.75, 3.05) is 32.7 Å². The first-order valence-corrected chi connectivity index (χ1v) is 14.5. The normalized spacial score (nSPS) is 22.0. The van der Waals surface area contributed by atoms with Gasteiger partial charge in [0, 0.05) is 36.7 Å². The topological polar surface area (TPSA) is 61.4 Å². The molecule has 2 aliphatic rings. The second-order valence-electron chi connectivity index (χ2n) is 11.3. The van der Waals surface area contributed by atoms with E-state index in [2.05, 4.69) is 27.7 Å². The standard InChI is InChI=1S/C33H37ClFN3O2/c1-24(39)22-37-32(26-8-3-2-4-9-26)16-19-38(20-17-32)23-28-21-33(28,27-11-13-29(35)14-12-27)31(40)36-18-15-25-7-5-6-10-30(25)34/h2-14,28,37H,15-23H2,1H3,(H,36,40)/t28-,33+/m0/s1. The van der Waals surface area contributed by atoms with E-state index in [1.54, 1.807) is 19.1 Å². The van der Waals surface area contributed by atoms with Crippen LogP contribution < -0.4 is 10.6 Å². The van der Waals surface area contributed by atoms with Crippen LogP contribution in [0.1, 0.15) is 42.9 Å². The van der Waals surface area contributed by atoms with Gasteiger partial charge in [-0.3, -0.25) is 9.59 Å². The highest BCUT2D eigenvalue weighted by Crippen LogP contribution is 2.55. The van der Waals surface area contributed by atoms with Crippen LogP contribution in [0.2, 0.25) is 5.02 Å². The van der Waals surface area contributed by atoms with Gasteiger partial charge in [-0.2, -0.15) is 0 Å². The number of carbonyl (C=O) groups excluding carboxylic acids is 2. The second kappa shape index (κ2) is 12.2. The summed E-state index contributed by atoms with van der Waals surface area (Å²) in [6, 6.07) is 24.4. The molecule has 210 valence electrons. The molecule has 2 N–H and O–H groups in total. The number of Topliss-reactive ketones (excluding diaryl/α,β-unsaturated/α-hetero) is 1. The lowest BCUT2D eigenvalue weighted by atomic mass is 9.80. The quantitative estimate of drug-likeness (QED) is 0.335. The van der Waals surface area contributed by atoms with E-state index >= 15 is 0 Å². The van der Waals surface area contributed by atoms with Crippen molar-refractivity contribution in [2.24, 2.45) is 5.92 Å². The molecule has 0 radical (unpaired) electrons. The molecule has 0 unspecified atom stereocenters. The Morgan fingerprint density at radius 3 is 2.30 bits per heavy atom. The minimum atomic E-state index is -0.658. The maximum absolute atomic E-state index is 13.8. The molecule has 2 atom stereocenters. The zero-order chi connectivity index (χ0) is 28.2. The number of likely N-dealkylation sites (tertiary alicyclic amines) is 1. The molecule has 5 rings (SSSR count). The smallest absolute Gasteiger partial charge is 0.231 e. The number of ketones is 1. The zero-order valence-electron chi connectivity index (χ0n) is 23.0. The molecule has 5 nitrogen and oxygen atoms in total. The van der Waals surface area contributed by atoms with Gasteiger partial charge in [0.05, 0.1) is 12.0 Å². The summed E-state index contributed by atoms with van der Waals surface area (Å²) in [5, 5.41) is 7.41. The van der Waals surface area contributed by atoms with Gasteiger partial charge in [-0.05, 0) is 73.4 Å². The van der Waals surface area contributed by atoms with E-state index in [9.17, 15) is 14.0 Å². The minimum Gasteiger partial charge on any atom is -0.355 e. The number of nitrogens with zero attached hydrogens (tertiary/aromatic N) is 1. The van der Waals surface area contributed by atoms with Crippen molar-refractivity contribution in [3.8, 4) is 0 Å². The number of hydrogen-bond acceptors (Lipinski definition) is 4. The number of nitrogens with one attached hydrogen (secondary N) is 2. The maximum Gasteiger partial charge on any atom is 0.231 e. The first kappa shape index (κ1) is 28.5. The van der Waals surface area contributed by atoms with Crippen molar-refractivity contribution < 1.29 is 14.0 Å². The molecule has 0 spiro atoms. The summed E-state index contributed by atoms with van der Waals surface area (Å²) in [7, 11) is 0. The van der Waals surface area contributed by atoms with Crippen LogP contribution in [-0.2, 0) is 27.0 Å². The second-order valence-corrected chi connectivity index (χ2v) is 11.7. The van der Waals surface area contributed by atoms with Crippen molar-refractivity contribution in [3.05, 3.63) is 106 Å². The number of carbonyl (C=O) groups is 2. The van der Waals surface area contributed by atoms with E-state index in [1.165, 1.54) is 17.7 Å². The predicted molar refractivity (Wildman–Crippen MR) is 157 cm³/mol. The number of benzene rings is 3. The Bertz CT molecular complexity index is 1330. The SMILES string of the molecule is CC(=O)CNC1(c2ccccc2)CCN(C[C@@H]2C[C@@]2(C(=O)NCCc2ccccc2Cl)c2ccc(F)cc2)CC1. The van der Waals surface area contributed by atoms with E-state index in [1.807, 2.05) is 42.5 Å².